The molecule has 100 valence electrons. The zero-order valence-corrected chi connectivity index (χ0v) is 9.54. The maximum atomic E-state index is 13.3. The van der Waals surface area contributed by atoms with Crippen molar-refractivity contribution in [2.75, 3.05) is 11.4 Å². The van der Waals surface area contributed by atoms with E-state index in [0.717, 1.165) is 17.0 Å². The quantitative estimate of drug-likeness (QED) is 0.844. The number of alkyl halides is 3. The molecule has 0 amide bonds. The van der Waals surface area contributed by atoms with Gasteiger partial charge in [-0.2, -0.15) is 13.2 Å². The van der Waals surface area contributed by atoms with Gasteiger partial charge in [-0.3, -0.25) is 0 Å². The zero-order valence-electron chi connectivity index (χ0n) is 9.54. The Balaban J connectivity index is 2.27. The molecule has 0 unspecified atom stereocenters. The van der Waals surface area contributed by atoms with Gasteiger partial charge in [0.15, 0.2) is 0 Å². The lowest BCUT2D eigenvalue weighted by Crippen LogP contribution is -2.36. The molecule has 1 aromatic rings. The molecule has 1 aromatic carbocycles. The average molecular weight is 263 g/mol. The Kier molecular flexibility index (Phi) is 3.47. The van der Waals surface area contributed by atoms with E-state index in [0.29, 0.717) is 12.8 Å². The maximum Gasteiger partial charge on any atom is 0.405 e. The van der Waals surface area contributed by atoms with Crippen LogP contribution in [0.3, 0.4) is 0 Å². The van der Waals surface area contributed by atoms with E-state index in [1.165, 1.54) is 6.07 Å². The van der Waals surface area contributed by atoms with Gasteiger partial charge in [-0.1, -0.05) is 0 Å². The molecule has 0 saturated heterocycles. The van der Waals surface area contributed by atoms with Crippen molar-refractivity contribution < 1.29 is 22.7 Å². The molecule has 0 atom stereocenters. The molecule has 1 saturated carbocycles. The Bertz CT molecular complexity index is 429. The van der Waals surface area contributed by atoms with E-state index in [1.54, 1.807) is 0 Å². The van der Waals surface area contributed by atoms with E-state index in [1.807, 2.05) is 0 Å². The molecular weight excluding hydrogens is 250 g/mol. The molecule has 6 heteroatoms. The molecule has 0 bridgehead atoms. The number of hydrogen-bond donors (Lipinski definition) is 1. The van der Waals surface area contributed by atoms with Crippen LogP contribution in [0.4, 0.5) is 23.2 Å². The van der Waals surface area contributed by atoms with Gasteiger partial charge >= 0.3 is 6.18 Å². The van der Waals surface area contributed by atoms with Gasteiger partial charge in [0.2, 0.25) is 0 Å². The van der Waals surface area contributed by atoms with Crippen LogP contribution in [0.5, 0.6) is 0 Å². The number of hydrogen-bond acceptors (Lipinski definition) is 2. The minimum Gasteiger partial charge on any atom is -0.392 e. The number of anilines is 1. The van der Waals surface area contributed by atoms with Gasteiger partial charge in [0.05, 0.1) is 6.61 Å². The van der Waals surface area contributed by atoms with Crippen molar-refractivity contribution in [3.05, 3.63) is 29.6 Å². The van der Waals surface area contributed by atoms with Crippen LogP contribution in [0.1, 0.15) is 18.4 Å². The van der Waals surface area contributed by atoms with E-state index in [-0.39, 0.29) is 17.3 Å². The minimum absolute atomic E-state index is 0.180. The monoisotopic (exact) mass is 263 g/mol. The Morgan fingerprint density at radius 1 is 1.22 bits per heavy atom. The predicted molar refractivity (Wildman–Crippen MR) is 58.7 cm³/mol. The Hall–Kier alpha value is -1.30. The van der Waals surface area contributed by atoms with Crippen molar-refractivity contribution in [3.63, 3.8) is 0 Å². The summed E-state index contributed by atoms with van der Waals surface area (Å²) in [5, 5.41) is 8.95. The first-order valence-electron chi connectivity index (χ1n) is 5.63. The van der Waals surface area contributed by atoms with Gasteiger partial charge < -0.3 is 10.0 Å². The third-order valence-electron chi connectivity index (χ3n) is 2.79. The van der Waals surface area contributed by atoms with Gasteiger partial charge in [-0.15, -0.1) is 0 Å². The molecule has 2 rings (SSSR count). The first-order valence-corrected chi connectivity index (χ1v) is 5.63. The molecule has 0 aromatic heterocycles. The summed E-state index contributed by atoms with van der Waals surface area (Å²) in [5.41, 5.74) is 0.455. The topological polar surface area (TPSA) is 23.5 Å². The van der Waals surface area contributed by atoms with Crippen molar-refractivity contribution in [2.45, 2.75) is 31.7 Å². The predicted octanol–water partition coefficient (Wildman–Crippen LogP) is 2.85. The van der Waals surface area contributed by atoms with Crippen LogP contribution in [0.15, 0.2) is 18.2 Å². The lowest BCUT2D eigenvalue weighted by atomic mass is 10.2. The second-order valence-electron chi connectivity index (χ2n) is 4.45. The zero-order chi connectivity index (χ0) is 13.3. The van der Waals surface area contributed by atoms with Crippen LogP contribution in [-0.4, -0.2) is 23.9 Å². The Morgan fingerprint density at radius 3 is 2.39 bits per heavy atom. The number of nitrogens with zero attached hydrogens (tertiary/aromatic N) is 1. The smallest absolute Gasteiger partial charge is 0.392 e. The summed E-state index contributed by atoms with van der Waals surface area (Å²) < 4.78 is 50.7. The van der Waals surface area contributed by atoms with Crippen LogP contribution < -0.4 is 4.90 Å². The van der Waals surface area contributed by atoms with Crippen LogP contribution in [0.2, 0.25) is 0 Å². The summed E-state index contributed by atoms with van der Waals surface area (Å²) in [7, 11) is 0. The highest BCUT2D eigenvalue weighted by Gasteiger charge is 2.38. The van der Waals surface area contributed by atoms with Crippen LogP contribution in [0.25, 0.3) is 0 Å². The summed E-state index contributed by atoms with van der Waals surface area (Å²) in [6.07, 6.45) is -2.96. The fourth-order valence-electron chi connectivity index (χ4n) is 1.90. The Morgan fingerprint density at radius 2 is 1.89 bits per heavy atom. The first-order chi connectivity index (χ1) is 8.39. The third kappa shape index (κ3) is 3.35. The molecule has 1 aliphatic rings. The van der Waals surface area contributed by atoms with Gasteiger partial charge in [-0.05, 0) is 36.6 Å². The van der Waals surface area contributed by atoms with Gasteiger partial charge in [0, 0.05) is 11.7 Å². The lowest BCUT2D eigenvalue weighted by Gasteiger charge is -2.26. The van der Waals surface area contributed by atoms with E-state index < -0.39 is 25.1 Å². The number of aliphatic hydroxyl groups is 1. The average Bonchev–Trinajstić information content (AvgIpc) is 3.07. The van der Waals surface area contributed by atoms with Crippen molar-refractivity contribution in [1.82, 2.24) is 0 Å². The minimum atomic E-state index is -4.33. The van der Waals surface area contributed by atoms with Gasteiger partial charge in [0.25, 0.3) is 0 Å². The molecule has 0 radical (unpaired) electrons. The standard InChI is InChI=1S/C12H13F4NO/c13-9-3-8(6-18)4-11(5-9)17(10-1-2-10)7-12(14,15)16/h3-5,10,18H,1-2,6-7H2. The van der Waals surface area contributed by atoms with E-state index in [4.69, 9.17) is 5.11 Å². The maximum absolute atomic E-state index is 13.3. The second kappa shape index (κ2) is 4.76. The van der Waals surface area contributed by atoms with Gasteiger partial charge in [0.1, 0.15) is 12.4 Å². The number of rotatable bonds is 4. The highest BCUT2D eigenvalue weighted by atomic mass is 19.4. The summed E-state index contributed by atoms with van der Waals surface area (Å²) >= 11 is 0. The van der Waals surface area contributed by atoms with Crippen LogP contribution in [0, 0.1) is 5.82 Å². The summed E-state index contributed by atoms with van der Waals surface area (Å²) in [5.74, 6) is -0.635. The summed E-state index contributed by atoms with van der Waals surface area (Å²) in [6, 6.07) is 3.40. The largest absolute Gasteiger partial charge is 0.405 e. The van der Waals surface area contributed by atoms with Crippen molar-refractivity contribution in [2.24, 2.45) is 0 Å². The number of aliphatic hydroxyl groups excluding tert-OH is 1. The molecule has 1 N–H and O–H groups in total. The molecule has 0 spiro atoms. The molecular formula is C12H13F4NO. The number of halogens is 4. The molecule has 2 nitrogen and oxygen atoms in total. The van der Waals surface area contributed by atoms with E-state index in [2.05, 4.69) is 0 Å². The second-order valence-corrected chi connectivity index (χ2v) is 4.45. The van der Waals surface area contributed by atoms with Crippen molar-refractivity contribution in [1.29, 1.82) is 0 Å². The molecule has 1 fully saturated rings. The first kappa shape index (κ1) is 13.1. The van der Waals surface area contributed by atoms with Crippen LogP contribution in [-0.2, 0) is 6.61 Å². The van der Waals surface area contributed by atoms with Crippen molar-refractivity contribution in [3.8, 4) is 0 Å². The van der Waals surface area contributed by atoms with Crippen molar-refractivity contribution >= 4 is 5.69 Å². The molecule has 18 heavy (non-hydrogen) atoms. The lowest BCUT2D eigenvalue weighted by molar-refractivity contribution is -0.120. The summed E-state index contributed by atoms with van der Waals surface area (Å²) in [6.45, 7) is -1.48. The Labute approximate surface area is 102 Å². The molecule has 0 heterocycles. The summed E-state index contributed by atoms with van der Waals surface area (Å²) in [4.78, 5) is 1.16. The third-order valence-corrected chi connectivity index (χ3v) is 2.79. The fourth-order valence-corrected chi connectivity index (χ4v) is 1.90. The fraction of sp³-hybridized carbons (Fsp3) is 0.500. The van der Waals surface area contributed by atoms with E-state index in [9.17, 15) is 17.6 Å². The van der Waals surface area contributed by atoms with E-state index >= 15 is 0 Å². The highest BCUT2D eigenvalue weighted by Crippen LogP contribution is 2.35. The molecule has 0 aliphatic heterocycles. The normalized spacial score (nSPS) is 15.8. The highest BCUT2D eigenvalue weighted by molar-refractivity contribution is 5.51. The van der Waals surface area contributed by atoms with Crippen LogP contribution >= 0.6 is 0 Å². The molecule has 1 aliphatic carbocycles. The SMILES string of the molecule is OCc1cc(F)cc(N(CC(F)(F)F)C2CC2)c1. The number of benzene rings is 1. The van der Waals surface area contributed by atoms with Gasteiger partial charge in [-0.25, -0.2) is 4.39 Å².